The highest BCUT2D eigenvalue weighted by molar-refractivity contribution is 7.99. The summed E-state index contributed by atoms with van der Waals surface area (Å²) in [5.41, 5.74) is 6.54. The van der Waals surface area contributed by atoms with E-state index in [-0.39, 0.29) is 0 Å². The first-order valence-corrected chi connectivity index (χ1v) is 5.48. The number of aromatic nitrogens is 1. The predicted octanol–water partition coefficient (Wildman–Crippen LogP) is 2.59. The molecule has 78 valence electrons. The van der Waals surface area contributed by atoms with Gasteiger partial charge in [0.1, 0.15) is 10.8 Å². The van der Waals surface area contributed by atoms with Crippen LogP contribution in [0.5, 0.6) is 0 Å². The van der Waals surface area contributed by atoms with Crippen LogP contribution in [0.15, 0.2) is 45.0 Å². The third-order valence-electron chi connectivity index (χ3n) is 2.06. The number of hydrogen-bond donors (Lipinski definition) is 1. The molecule has 0 fully saturated rings. The van der Waals surface area contributed by atoms with Gasteiger partial charge in [0.15, 0.2) is 0 Å². The highest BCUT2D eigenvalue weighted by Gasteiger charge is 2.04. The first kappa shape index (κ1) is 10.3. The van der Waals surface area contributed by atoms with E-state index < -0.39 is 0 Å². The maximum absolute atomic E-state index is 5.50. The summed E-state index contributed by atoms with van der Waals surface area (Å²) in [6.45, 7) is 2.47. The van der Waals surface area contributed by atoms with Gasteiger partial charge in [0.25, 0.3) is 0 Å². The average molecular weight is 220 g/mol. The Hall–Kier alpha value is -1.26. The lowest BCUT2D eigenvalue weighted by atomic mass is 10.3. The number of nitrogens with zero attached hydrogens (tertiary/aromatic N) is 1. The van der Waals surface area contributed by atoms with Crippen molar-refractivity contribution in [1.29, 1.82) is 0 Å². The molecule has 0 atom stereocenters. The van der Waals surface area contributed by atoms with E-state index in [1.807, 2.05) is 25.1 Å². The van der Waals surface area contributed by atoms with Crippen molar-refractivity contribution < 1.29 is 4.42 Å². The number of rotatable bonds is 3. The van der Waals surface area contributed by atoms with E-state index in [4.69, 9.17) is 10.2 Å². The van der Waals surface area contributed by atoms with Crippen LogP contribution in [0.25, 0.3) is 0 Å². The monoisotopic (exact) mass is 220 g/mol. The molecular formula is C11H12N2OS. The fourth-order valence-electron chi connectivity index (χ4n) is 1.18. The van der Waals surface area contributed by atoms with Crippen molar-refractivity contribution >= 4 is 11.8 Å². The highest BCUT2D eigenvalue weighted by Crippen LogP contribution is 2.29. The molecule has 0 radical (unpaired) electrons. The maximum Gasteiger partial charge on any atom is 0.114 e. The number of pyridine rings is 1. The largest absolute Gasteiger partial charge is 0.468 e. The van der Waals surface area contributed by atoms with E-state index in [0.717, 1.165) is 21.2 Å². The molecule has 0 aromatic carbocycles. The maximum atomic E-state index is 5.50. The van der Waals surface area contributed by atoms with E-state index in [9.17, 15) is 0 Å². The standard InChI is InChI=1S/C11H12N2OS/c1-8-10(4-5-14-8)15-11-3-2-9(6-12)7-13-11/h2-5,7H,6,12H2,1H3. The van der Waals surface area contributed by atoms with Crippen molar-refractivity contribution in [2.24, 2.45) is 5.73 Å². The minimum Gasteiger partial charge on any atom is -0.468 e. The second-order valence-corrected chi connectivity index (χ2v) is 4.21. The lowest BCUT2D eigenvalue weighted by molar-refractivity contribution is 0.527. The van der Waals surface area contributed by atoms with Crippen molar-refractivity contribution in [2.45, 2.75) is 23.4 Å². The molecular weight excluding hydrogens is 208 g/mol. The summed E-state index contributed by atoms with van der Waals surface area (Å²) in [5, 5.41) is 0.955. The lowest BCUT2D eigenvalue weighted by Gasteiger charge is -2.00. The SMILES string of the molecule is Cc1occc1Sc1ccc(CN)cn1. The Morgan fingerprint density at radius 2 is 2.27 bits per heavy atom. The van der Waals surface area contributed by atoms with Crippen LogP contribution in [-0.2, 0) is 6.54 Å². The van der Waals surface area contributed by atoms with Crippen molar-refractivity contribution in [3.8, 4) is 0 Å². The van der Waals surface area contributed by atoms with Crippen LogP contribution in [0.2, 0.25) is 0 Å². The fourth-order valence-corrected chi connectivity index (χ4v) is 1.97. The molecule has 4 heteroatoms. The molecule has 0 aliphatic rings. The third-order valence-corrected chi connectivity index (χ3v) is 3.15. The summed E-state index contributed by atoms with van der Waals surface area (Å²) in [6, 6.07) is 5.91. The minimum absolute atomic E-state index is 0.530. The quantitative estimate of drug-likeness (QED) is 0.863. The van der Waals surface area contributed by atoms with Crippen molar-refractivity contribution in [3.05, 3.63) is 42.0 Å². The Kier molecular flexibility index (Phi) is 3.08. The first-order valence-electron chi connectivity index (χ1n) is 4.66. The lowest BCUT2D eigenvalue weighted by Crippen LogP contribution is -1.96. The van der Waals surface area contributed by atoms with Crippen LogP contribution >= 0.6 is 11.8 Å². The van der Waals surface area contributed by atoms with Crippen molar-refractivity contribution in [3.63, 3.8) is 0 Å². The number of furan rings is 1. The zero-order chi connectivity index (χ0) is 10.7. The van der Waals surface area contributed by atoms with E-state index in [1.165, 1.54) is 0 Å². The van der Waals surface area contributed by atoms with Crippen LogP contribution in [0.4, 0.5) is 0 Å². The van der Waals surface area contributed by atoms with E-state index in [1.54, 1.807) is 24.2 Å². The summed E-state index contributed by atoms with van der Waals surface area (Å²) in [5.74, 6) is 0.921. The average Bonchev–Trinajstić information content (AvgIpc) is 2.66. The molecule has 0 aliphatic heterocycles. The molecule has 2 aromatic rings. The smallest absolute Gasteiger partial charge is 0.114 e. The Morgan fingerprint density at radius 1 is 1.40 bits per heavy atom. The van der Waals surface area contributed by atoms with Gasteiger partial charge < -0.3 is 10.2 Å². The Labute approximate surface area is 92.7 Å². The minimum atomic E-state index is 0.530. The molecule has 0 unspecified atom stereocenters. The highest BCUT2D eigenvalue weighted by atomic mass is 32.2. The Balaban J connectivity index is 2.14. The molecule has 0 saturated heterocycles. The molecule has 2 heterocycles. The predicted molar refractivity (Wildman–Crippen MR) is 59.7 cm³/mol. The molecule has 2 aromatic heterocycles. The van der Waals surface area contributed by atoms with Gasteiger partial charge in [0, 0.05) is 12.7 Å². The summed E-state index contributed by atoms with van der Waals surface area (Å²) in [4.78, 5) is 5.41. The van der Waals surface area contributed by atoms with E-state index >= 15 is 0 Å². The molecule has 0 amide bonds. The van der Waals surface area contributed by atoms with Crippen LogP contribution < -0.4 is 5.73 Å². The van der Waals surface area contributed by atoms with Gasteiger partial charge in [-0.3, -0.25) is 0 Å². The molecule has 0 bridgehead atoms. The Morgan fingerprint density at radius 3 is 2.80 bits per heavy atom. The van der Waals surface area contributed by atoms with Gasteiger partial charge in [0.2, 0.25) is 0 Å². The van der Waals surface area contributed by atoms with E-state index in [2.05, 4.69) is 4.98 Å². The normalized spacial score (nSPS) is 10.5. The van der Waals surface area contributed by atoms with Gasteiger partial charge in [-0.15, -0.1) is 0 Å². The zero-order valence-corrected chi connectivity index (χ0v) is 9.25. The zero-order valence-electron chi connectivity index (χ0n) is 8.43. The Bertz CT molecular complexity index is 436. The summed E-state index contributed by atoms with van der Waals surface area (Å²) in [6.07, 6.45) is 3.49. The molecule has 0 spiro atoms. The van der Waals surface area contributed by atoms with Gasteiger partial charge in [-0.05, 0) is 24.6 Å². The van der Waals surface area contributed by atoms with Gasteiger partial charge >= 0.3 is 0 Å². The van der Waals surface area contributed by atoms with E-state index in [0.29, 0.717) is 6.54 Å². The van der Waals surface area contributed by atoms with Crippen molar-refractivity contribution in [2.75, 3.05) is 0 Å². The summed E-state index contributed by atoms with van der Waals surface area (Å²) >= 11 is 1.59. The molecule has 15 heavy (non-hydrogen) atoms. The number of hydrogen-bond acceptors (Lipinski definition) is 4. The van der Waals surface area contributed by atoms with Crippen molar-refractivity contribution in [1.82, 2.24) is 4.98 Å². The van der Waals surface area contributed by atoms with Crippen LogP contribution in [0.3, 0.4) is 0 Å². The number of aryl methyl sites for hydroxylation is 1. The molecule has 0 aliphatic carbocycles. The second-order valence-electron chi connectivity index (χ2n) is 3.15. The summed E-state index contributed by atoms with van der Waals surface area (Å²) < 4.78 is 5.21. The van der Waals surface area contributed by atoms with Gasteiger partial charge in [-0.1, -0.05) is 17.8 Å². The third kappa shape index (κ3) is 2.40. The number of nitrogens with two attached hydrogens (primary N) is 1. The second kappa shape index (κ2) is 4.51. The molecule has 3 nitrogen and oxygen atoms in total. The van der Waals surface area contributed by atoms with Crippen LogP contribution in [-0.4, -0.2) is 4.98 Å². The molecule has 0 saturated carbocycles. The van der Waals surface area contributed by atoms with Crippen LogP contribution in [0, 0.1) is 6.92 Å². The van der Waals surface area contributed by atoms with Gasteiger partial charge in [0.05, 0.1) is 11.2 Å². The molecule has 2 rings (SSSR count). The molecule has 2 N–H and O–H groups in total. The topological polar surface area (TPSA) is 52.0 Å². The van der Waals surface area contributed by atoms with Crippen LogP contribution in [0.1, 0.15) is 11.3 Å². The fraction of sp³-hybridized carbons (Fsp3) is 0.182. The van der Waals surface area contributed by atoms with Gasteiger partial charge in [-0.2, -0.15) is 0 Å². The first-order chi connectivity index (χ1) is 7.29. The van der Waals surface area contributed by atoms with Gasteiger partial charge in [-0.25, -0.2) is 4.98 Å². The summed E-state index contributed by atoms with van der Waals surface area (Å²) in [7, 11) is 0.